The highest BCUT2D eigenvalue weighted by atomic mass is 79.9. The standard InChI is InChI=1S/C29H19Br2N/c30-24-12-6-10-21(16-24)26-18-23(28-14-4-5-15-32-28)19-27(22-11-7-13-25(31)17-22)29(26)20-8-2-1-3-9-20/h1-19H. The Kier molecular flexibility index (Phi) is 6.02. The monoisotopic (exact) mass is 539 g/mol. The molecule has 5 aromatic rings. The molecule has 0 saturated heterocycles. The molecular weight excluding hydrogens is 522 g/mol. The minimum absolute atomic E-state index is 0.958. The van der Waals surface area contributed by atoms with Crippen molar-refractivity contribution in [3.05, 3.63) is 124 Å². The Bertz CT molecular complexity index is 1310. The average molecular weight is 541 g/mol. The summed E-state index contributed by atoms with van der Waals surface area (Å²) >= 11 is 7.32. The van der Waals surface area contributed by atoms with E-state index in [0.29, 0.717) is 0 Å². The first kappa shape index (κ1) is 20.9. The van der Waals surface area contributed by atoms with Gasteiger partial charge in [0.25, 0.3) is 0 Å². The number of hydrogen-bond acceptors (Lipinski definition) is 1. The van der Waals surface area contributed by atoms with Crippen molar-refractivity contribution >= 4 is 31.9 Å². The van der Waals surface area contributed by atoms with E-state index in [4.69, 9.17) is 0 Å². The summed E-state index contributed by atoms with van der Waals surface area (Å²) in [5.74, 6) is 0. The van der Waals surface area contributed by atoms with Crippen LogP contribution in [-0.2, 0) is 0 Å². The second-order valence-corrected chi connectivity index (χ2v) is 9.38. The van der Waals surface area contributed by atoms with Crippen LogP contribution in [-0.4, -0.2) is 4.98 Å². The number of benzene rings is 4. The van der Waals surface area contributed by atoms with Gasteiger partial charge in [0.15, 0.2) is 0 Å². The van der Waals surface area contributed by atoms with Gasteiger partial charge in [-0.1, -0.05) is 92.5 Å². The van der Waals surface area contributed by atoms with E-state index < -0.39 is 0 Å². The molecule has 1 nitrogen and oxygen atoms in total. The Labute approximate surface area is 205 Å². The summed E-state index contributed by atoms with van der Waals surface area (Å²) in [7, 11) is 0. The fraction of sp³-hybridized carbons (Fsp3) is 0. The van der Waals surface area contributed by atoms with E-state index in [-0.39, 0.29) is 0 Å². The Morgan fingerprint density at radius 2 is 1.03 bits per heavy atom. The highest BCUT2D eigenvalue weighted by Crippen LogP contribution is 2.43. The fourth-order valence-electron chi connectivity index (χ4n) is 4.01. The van der Waals surface area contributed by atoms with Crippen molar-refractivity contribution in [3.63, 3.8) is 0 Å². The first-order valence-electron chi connectivity index (χ1n) is 10.4. The number of hydrogen-bond donors (Lipinski definition) is 0. The van der Waals surface area contributed by atoms with E-state index in [2.05, 4.69) is 134 Å². The van der Waals surface area contributed by atoms with Gasteiger partial charge < -0.3 is 0 Å². The Morgan fingerprint density at radius 3 is 1.56 bits per heavy atom. The lowest BCUT2D eigenvalue weighted by atomic mass is 9.85. The van der Waals surface area contributed by atoms with Gasteiger partial charge in [-0.2, -0.15) is 0 Å². The molecule has 0 radical (unpaired) electrons. The van der Waals surface area contributed by atoms with Gasteiger partial charge in [0, 0.05) is 20.7 Å². The van der Waals surface area contributed by atoms with E-state index in [1.165, 1.54) is 22.3 Å². The molecule has 0 unspecified atom stereocenters. The maximum Gasteiger partial charge on any atom is 0.0702 e. The van der Waals surface area contributed by atoms with E-state index in [1.807, 2.05) is 18.3 Å². The third-order valence-corrected chi connectivity index (χ3v) is 6.42. The number of pyridine rings is 1. The maximum atomic E-state index is 4.64. The SMILES string of the molecule is Brc1cccc(-c2cc(-c3ccccn3)cc(-c3cccc(Br)c3)c2-c2ccccc2)c1. The van der Waals surface area contributed by atoms with Gasteiger partial charge in [-0.15, -0.1) is 0 Å². The number of halogens is 2. The van der Waals surface area contributed by atoms with E-state index in [1.54, 1.807) is 0 Å². The van der Waals surface area contributed by atoms with Gasteiger partial charge in [0.05, 0.1) is 5.69 Å². The third kappa shape index (κ3) is 4.32. The summed E-state index contributed by atoms with van der Waals surface area (Å²) in [5.41, 5.74) is 9.12. The number of nitrogens with zero attached hydrogens (tertiary/aromatic N) is 1. The molecule has 0 atom stereocenters. The molecule has 0 aliphatic heterocycles. The molecule has 0 aliphatic rings. The van der Waals surface area contributed by atoms with Crippen LogP contribution in [0.3, 0.4) is 0 Å². The number of aromatic nitrogens is 1. The fourth-order valence-corrected chi connectivity index (χ4v) is 4.81. The van der Waals surface area contributed by atoms with Gasteiger partial charge >= 0.3 is 0 Å². The summed E-state index contributed by atoms with van der Waals surface area (Å²) in [6.07, 6.45) is 1.85. The van der Waals surface area contributed by atoms with Crippen LogP contribution >= 0.6 is 31.9 Å². The lowest BCUT2D eigenvalue weighted by Gasteiger charge is -2.19. The molecule has 0 saturated carbocycles. The normalized spacial score (nSPS) is 10.8. The molecule has 0 aliphatic carbocycles. The molecule has 154 valence electrons. The largest absolute Gasteiger partial charge is 0.256 e. The van der Waals surface area contributed by atoms with Crippen molar-refractivity contribution in [2.45, 2.75) is 0 Å². The van der Waals surface area contributed by atoms with Crippen LogP contribution in [0.5, 0.6) is 0 Å². The lowest BCUT2D eigenvalue weighted by molar-refractivity contribution is 1.33. The molecule has 0 N–H and O–H groups in total. The second-order valence-electron chi connectivity index (χ2n) is 7.55. The summed E-state index contributed by atoms with van der Waals surface area (Å²) < 4.78 is 2.11. The summed E-state index contributed by atoms with van der Waals surface area (Å²) in [6, 6.07) is 38.1. The van der Waals surface area contributed by atoms with Gasteiger partial charge in [0.1, 0.15) is 0 Å². The van der Waals surface area contributed by atoms with E-state index >= 15 is 0 Å². The predicted molar refractivity (Wildman–Crippen MR) is 141 cm³/mol. The highest BCUT2D eigenvalue weighted by Gasteiger charge is 2.17. The summed E-state index contributed by atoms with van der Waals surface area (Å²) in [6.45, 7) is 0. The van der Waals surface area contributed by atoms with Crippen molar-refractivity contribution < 1.29 is 0 Å². The van der Waals surface area contributed by atoms with Crippen molar-refractivity contribution in [2.24, 2.45) is 0 Å². The van der Waals surface area contributed by atoms with Crippen molar-refractivity contribution in [3.8, 4) is 44.6 Å². The molecule has 0 amide bonds. The zero-order chi connectivity index (χ0) is 21.9. The van der Waals surface area contributed by atoms with Crippen LogP contribution in [0.25, 0.3) is 44.6 Å². The van der Waals surface area contributed by atoms with Crippen molar-refractivity contribution in [2.75, 3.05) is 0 Å². The minimum Gasteiger partial charge on any atom is -0.256 e. The average Bonchev–Trinajstić information content (AvgIpc) is 2.84. The zero-order valence-corrected chi connectivity index (χ0v) is 20.3. The topological polar surface area (TPSA) is 12.9 Å². The molecule has 5 rings (SSSR count). The third-order valence-electron chi connectivity index (χ3n) is 5.43. The van der Waals surface area contributed by atoms with Crippen LogP contribution in [0.2, 0.25) is 0 Å². The second kappa shape index (κ2) is 9.23. The first-order valence-corrected chi connectivity index (χ1v) is 11.9. The zero-order valence-electron chi connectivity index (χ0n) is 17.2. The predicted octanol–water partition coefficient (Wildman–Crippen LogP) is 9.27. The summed E-state index contributed by atoms with van der Waals surface area (Å²) in [4.78, 5) is 4.64. The van der Waals surface area contributed by atoms with Gasteiger partial charge in [0.2, 0.25) is 0 Å². The Morgan fingerprint density at radius 1 is 0.469 bits per heavy atom. The molecule has 4 aromatic carbocycles. The van der Waals surface area contributed by atoms with Gasteiger partial charge in [-0.3, -0.25) is 4.98 Å². The summed E-state index contributed by atoms with van der Waals surface area (Å²) in [5, 5.41) is 0. The molecule has 1 heterocycles. The maximum absolute atomic E-state index is 4.64. The van der Waals surface area contributed by atoms with E-state index in [9.17, 15) is 0 Å². The van der Waals surface area contributed by atoms with E-state index in [0.717, 1.165) is 31.3 Å². The molecule has 0 spiro atoms. The van der Waals surface area contributed by atoms with Crippen molar-refractivity contribution in [1.29, 1.82) is 0 Å². The molecule has 0 bridgehead atoms. The molecule has 0 fully saturated rings. The van der Waals surface area contributed by atoms with Crippen LogP contribution in [0.15, 0.2) is 124 Å². The van der Waals surface area contributed by atoms with Gasteiger partial charge in [-0.05, 0) is 81.9 Å². The molecule has 3 heteroatoms. The van der Waals surface area contributed by atoms with Crippen LogP contribution in [0, 0.1) is 0 Å². The Balaban J connectivity index is 1.89. The smallest absolute Gasteiger partial charge is 0.0702 e. The van der Waals surface area contributed by atoms with Crippen LogP contribution < -0.4 is 0 Å². The quantitative estimate of drug-likeness (QED) is 0.221. The number of rotatable bonds is 4. The van der Waals surface area contributed by atoms with Crippen molar-refractivity contribution in [1.82, 2.24) is 4.98 Å². The molecule has 32 heavy (non-hydrogen) atoms. The highest BCUT2D eigenvalue weighted by molar-refractivity contribution is 9.10. The minimum atomic E-state index is 0.958. The first-order chi connectivity index (χ1) is 15.7. The van der Waals surface area contributed by atoms with Crippen LogP contribution in [0.1, 0.15) is 0 Å². The molecular formula is C29H19Br2N. The molecule has 1 aromatic heterocycles. The van der Waals surface area contributed by atoms with Gasteiger partial charge in [-0.25, -0.2) is 0 Å². The Hall–Kier alpha value is -3.01. The van der Waals surface area contributed by atoms with Crippen LogP contribution in [0.4, 0.5) is 0 Å². The lowest BCUT2D eigenvalue weighted by Crippen LogP contribution is -1.94.